The molecule has 0 aliphatic rings. The molecule has 0 aromatic heterocycles. The maximum absolute atomic E-state index is 13.4. The smallest absolute Gasteiger partial charge is 0.356 e. The molecule has 0 bridgehead atoms. The van der Waals surface area contributed by atoms with Crippen molar-refractivity contribution in [3.8, 4) is 0 Å². The van der Waals surface area contributed by atoms with Crippen LogP contribution in [0.5, 0.6) is 0 Å². The van der Waals surface area contributed by atoms with E-state index in [2.05, 4.69) is 9.99 Å². The Labute approximate surface area is 120 Å². The van der Waals surface area contributed by atoms with Crippen LogP contribution in [0.4, 0.5) is 8.78 Å². The number of carbonyl (C=O) groups excluding carboxylic acids is 1. The summed E-state index contributed by atoms with van der Waals surface area (Å²) in [7, 11) is 1.31. The number of carbonyl (C=O) groups is 1. The van der Waals surface area contributed by atoms with Crippen LogP contribution in [0.25, 0.3) is 0 Å². The van der Waals surface area contributed by atoms with Crippen molar-refractivity contribution in [1.29, 1.82) is 0 Å². The molecule has 0 radical (unpaired) electrons. The Kier molecular flexibility index (Phi) is 7.00. The van der Waals surface area contributed by atoms with E-state index in [1.165, 1.54) is 25.3 Å². The van der Waals surface area contributed by atoms with E-state index in [-0.39, 0.29) is 29.4 Å². The first-order valence-corrected chi connectivity index (χ1v) is 7.03. The lowest BCUT2D eigenvalue weighted by Gasteiger charge is -2.06. The molecule has 0 aliphatic heterocycles. The molecule has 1 rings (SSSR count). The predicted molar refractivity (Wildman–Crippen MR) is 73.6 cm³/mol. The van der Waals surface area contributed by atoms with Gasteiger partial charge in [0, 0.05) is 17.1 Å². The van der Waals surface area contributed by atoms with Crippen LogP contribution >= 0.6 is 11.8 Å². The number of esters is 1. The van der Waals surface area contributed by atoms with Gasteiger partial charge in [0.1, 0.15) is 18.7 Å². The normalized spacial score (nSPS) is 11.3. The van der Waals surface area contributed by atoms with Crippen LogP contribution in [-0.2, 0) is 20.1 Å². The van der Waals surface area contributed by atoms with Gasteiger partial charge < -0.3 is 9.57 Å². The average molecular weight is 303 g/mol. The second kappa shape index (κ2) is 8.52. The third-order valence-electron chi connectivity index (χ3n) is 2.26. The first-order valence-electron chi connectivity index (χ1n) is 5.87. The number of benzene rings is 1. The Hall–Kier alpha value is -1.63. The van der Waals surface area contributed by atoms with Gasteiger partial charge in [-0.2, -0.15) is 11.8 Å². The number of oxime groups is 1. The van der Waals surface area contributed by atoms with Gasteiger partial charge in [0.15, 0.2) is 5.71 Å². The summed E-state index contributed by atoms with van der Waals surface area (Å²) in [5.74, 6) is -1.60. The van der Waals surface area contributed by atoms with E-state index in [4.69, 9.17) is 4.74 Å². The minimum atomic E-state index is -0.612. The highest BCUT2D eigenvalue weighted by Crippen LogP contribution is 2.19. The summed E-state index contributed by atoms with van der Waals surface area (Å²) in [5, 5.41) is 3.55. The molecular formula is C13H15F2NO3S. The summed E-state index contributed by atoms with van der Waals surface area (Å²) in [6, 6.07) is 3.68. The fourth-order valence-corrected chi connectivity index (χ4v) is 2.31. The molecule has 0 atom stereocenters. The zero-order chi connectivity index (χ0) is 15.0. The lowest BCUT2D eigenvalue weighted by atomic mass is 10.2. The molecule has 20 heavy (non-hydrogen) atoms. The molecule has 0 unspecified atom stereocenters. The molecule has 4 nitrogen and oxygen atoms in total. The molecule has 0 heterocycles. The predicted octanol–water partition coefficient (Wildman–Crippen LogP) is 2.76. The standard InChI is InChI=1S/C13H15F2NO3S/c1-3-19-13(17)12(16-18-2)8-20-7-9-10(14)5-4-6-11(9)15/h4-6H,3,7-8H2,1-2H3. The second-order valence-electron chi connectivity index (χ2n) is 3.63. The number of nitrogens with zero attached hydrogens (tertiary/aromatic N) is 1. The molecule has 0 saturated carbocycles. The minimum Gasteiger partial charge on any atom is -0.461 e. The van der Waals surface area contributed by atoms with Crippen LogP contribution in [0.15, 0.2) is 23.4 Å². The molecule has 110 valence electrons. The van der Waals surface area contributed by atoms with Gasteiger partial charge in [-0.05, 0) is 19.1 Å². The minimum absolute atomic E-state index is 0.0295. The molecule has 0 amide bonds. The molecule has 7 heteroatoms. The van der Waals surface area contributed by atoms with Crippen molar-refractivity contribution in [2.45, 2.75) is 12.7 Å². The van der Waals surface area contributed by atoms with Gasteiger partial charge in [0.25, 0.3) is 0 Å². The van der Waals surface area contributed by atoms with E-state index < -0.39 is 17.6 Å². The number of halogens is 2. The lowest BCUT2D eigenvalue weighted by molar-refractivity contribution is -0.135. The van der Waals surface area contributed by atoms with Crippen LogP contribution in [0.2, 0.25) is 0 Å². The van der Waals surface area contributed by atoms with Crippen LogP contribution < -0.4 is 0 Å². The van der Waals surface area contributed by atoms with E-state index in [0.29, 0.717) is 0 Å². The van der Waals surface area contributed by atoms with Gasteiger partial charge in [-0.25, -0.2) is 13.6 Å². The van der Waals surface area contributed by atoms with Crippen LogP contribution in [0, 0.1) is 11.6 Å². The van der Waals surface area contributed by atoms with E-state index in [9.17, 15) is 13.6 Å². The fraction of sp³-hybridized carbons (Fsp3) is 0.385. The van der Waals surface area contributed by atoms with Crippen molar-refractivity contribution < 1.29 is 23.1 Å². The monoisotopic (exact) mass is 303 g/mol. The maximum Gasteiger partial charge on any atom is 0.356 e. The third kappa shape index (κ3) is 4.80. The summed E-state index contributed by atoms with van der Waals surface area (Å²) in [5.41, 5.74) is 0.0363. The highest BCUT2D eigenvalue weighted by atomic mass is 32.2. The Morgan fingerprint density at radius 3 is 2.55 bits per heavy atom. The first-order chi connectivity index (χ1) is 9.60. The van der Waals surface area contributed by atoms with Crippen molar-refractivity contribution >= 4 is 23.4 Å². The van der Waals surface area contributed by atoms with E-state index >= 15 is 0 Å². The van der Waals surface area contributed by atoms with Crippen LogP contribution in [-0.4, -0.2) is 31.2 Å². The van der Waals surface area contributed by atoms with Gasteiger partial charge in [0.2, 0.25) is 0 Å². The first kappa shape index (κ1) is 16.4. The van der Waals surface area contributed by atoms with E-state index in [0.717, 1.165) is 11.8 Å². The summed E-state index contributed by atoms with van der Waals surface area (Å²) < 4.78 is 31.6. The third-order valence-corrected chi connectivity index (χ3v) is 3.23. The van der Waals surface area contributed by atoms with E-state index in [1.807, 2.05) is 0 Å². The van der Waals surface area contributed by atoms with Crippen LogP contribution in [0.1, 0.15) is 12.5 Å². The Morgan fingerprint density at radius 2 is 2.00 bits per heavy atom. The Balaban J connectivity index is 2.61. The molecular weight excluding hydrogens is 288 g/mol. The Morgan fingerprint density at radius 1 is 1.35 bits per heavy atom. The largest absolute Gasteiger partial charge is 0.461 e. The van der Waals surface area contributed by atoms with Crippen molar-refractivity contribution in [2.75, 3.05) is 19.5 Å². The maximum atomic E-state index is 13.4. The zero-order valence-corrected chi connectivity index (χ0v) is 12.0. The topological polar surface area (TPSA) is 47.9 Å². The molecule has 1 aromatic carbocycles. The van der Waals surface area contributed by atoms with Crippen molar-refractivity contribution in [2.24, 2.45) is 5.16 Å². The molecule has 0 fully saturated rings. The molecule has 0 spiro atoms. The Bertz CT molecular complexity index is 474. The number of ether oxygens (including phenoxy) is 1. The lowest BCUT2D eigenvalue weighted by Crippen LogP contribution is -2.20. The SMILES string of the molecule is CCOC(=O)C(CSCc1c(F)cccc1F)=NOC. The quantitative estimate of drug-likeness (QED) is 0.441. The highest BCUT2D eigenvalue weighted by Gasteiger charge is 2.15. The summed E-state index contributed by atoms with van der Waals surface area (Å²) in [6.07, 6.45) is 0. The van der Waals surface area contributed by atoms with E-state index in [1.54, 1.807) is 6.92 Å². The van der Waals surface area contributed by atoms with Gasteiger partial charge in [-0.1, -0.05) is 11.2 Å². The molecule has 0 saturated heterocycles. The van der Waals surface area contributed by atoms with Crippen molar-refractivity contribution in [1.82, 2.24) is 0 Å². The van der Waals surface area contributed by atoms with Crippen LogP contribution in [0.3, 0.4) is 0 Å². The summed E-state index contributed by atoms with van der Waals surface area (Å²) >= 11 is 1.15. The second-order valence-corrected chi connectivity index (χ2v) is 4.62. The van der Waals surface area contributed by atoms with Gasteiger partial charge in [0.05, 0.1) is 6.61 Å². The van der Waals surface area contributed by atoms with Gasteiger partial charge in [-0.3, -0.25) is 0 Å². The number of thioether (sulfide) groups is 1. The zero-order valence-electron chi connectivity index (χ0n) is 11.2. The van der Waals surface area contributed by atoms with Crippen molar-refractivity contribution in [3.63, 3.8) is 0 Å². The number of hydrogen-bond acceptors (Lipinski definition) is 5. The van der Waals surface area contributed by atoms with Gasteiger partial charge >= 0.3 is 5.97 Å². The highest BCUT2D eigenvalue weighted by molar-refractivity contribution is 7.99. The molecule has 0 aliphatic carbocycles. The number of hydrogen-bond donors (Lipinski definition) is 0. The summed E-state index contributed by atoms with van der Waals surface area (Å²) in [6.45, 7) is 1.89. The number of rotatable bonds is 7. The summed E-state index contributed by atoms with van der Waals surface area (Å²) in [4.78, 5) is 16.1. The molecule has 1 aromatic rings. The van der Waals surface area contributed by atoms with Crippen molar-refractivity contribution in [3.05, 3.63) is 35.4 Å². The van der Waals surface area contributed by atoms with Gasteiger partial charge in [-0.15, -0.1) is 0 Å². The fourth-order valence-electron chi connectivity index (χ4n) is 1.37. The molecule has 0 N–H and O–H groups in total. The average Bonchev–Trinajstić information content (AvgIpc) is 2.41.